The molecule has 0 aliphatic carbocycles. The number of phosphoric ester groups is 1. The smallest absolute Gasteiger partial charge is 0.469 e. The van der Waals surface area contributed by atoms with Gasteiger partial charge in [0.05, 0.1) is 6.61 Å². The fraction of sp³-hybridized carbons (Fsp3) is 0.964. The van der Waals surface area contributed by atoms with E-state index in [1.165, 1.54) is 128 Å². The summed E-state index contributed by atoms with van der Waals surface area (Å²) in [7, 11) is -4.28. The third kappa shape index (κ3) is 33.6. The number of carbonyl (C=O) groups is 1. The SMILES string of the molecule is O=C(O)CCCCCCCCCCCCCCCCCCCCCCCCCCCOP(=O)(O)O. The summed E-state index contributed by atoms with van der Waals surface area (Å²) >= 11 is 0. The van der Waals surface area contributed by atoms with Crippen LogP contribution >= 0.6 is 7.82 Å². The molecule has 0 rings (SSSR count). The van der Waals surface area contributed by atoms with Crippen LogP contribution in [0.3, 0.4) is 0 Å². The number of aliphatic carboxylic acids is 1. The van der Waals surface area contributed by atoms with E-state index in [4.69, 9.17) is 14.9 Å². The lowest BCUT2D eigenvalue weighted by molar-refractivity contribution is -0.137. The number of hydrogen-bond acceptors (Lipinski definition) is 3. The first-order valence-electron chi connectivity index (χ1n) is 14.8. The molecule has 0 aromatic rings. The van der Waals surface area contributed by atoms with E-state index in [0.29, 0.717) is 6.42 Å². The highest BCUT2D eigenvalue weighted by Gasteiger charge is 2.12. The molecule has 7 heteroatoms. The van der Waals surface area contributed by atoms with Crippen molar-refractivity contribution >= 4 is 13.8 Å². The fourth-order valence-electron chi connectivity index (χ4n) is 4.63. The maximum atomic E-state index is 10.5. The highest BCUT2D eigenvalue weighted by molar-refractivity contribution is 7.46. The molecule has 0 atom stereocenters. The van der Waals surface area contributed by atoms with Crippen molar-refractivity contribution in [1.29, 1.82) is 0 Å². The predicted octanol–water partition coefficient (Wildman–Crippen LogP) is 9.32. The van der Waals surface area contributed by atoms with Gasteiger partial charge in [0.1, 0.15) is 0 Å². The molecule has 210 valence electrons. The lowest BCUT2D eigenvalue weighted by Crippen LogP contribution is -1.93. The third-order valence-electron chi connectivity index (χ3n) is 6.79. The molecule has 0 amide bonds. The van der Waals surface area contributed by atoms with Gasteiger partial charge in [0.2, 0.25) is 0 Å². The number of hydrogen-bond donors (Lipinski definition) is 3. The molecular weight excluding hydrogens is 463 g/mol. The predicted molar refractivity (Wildman–Crippen MR) is 146 cm³/mol. The summed E-state index contributed by atoms with van der Waals surface area (Å²) in [5.74, 6) is -0.664. The van der Waals surface area contributed by atoms with Crippen molar-refractivity contribution in [2.24, 2.45) is 0 Å². The summed E-state index contributed by atoms with van der Waals surface area (Å²) in [6.45, 7) is 0.159. The largest absolute Gasteiger partial charge is 0.481 e. The van der Waals surface area contributed by atoms with E-state index in [9.17, 15) is 9.36 Å². The first-order chi connectivity index (χ1) is 16.9. The van der Waals surface area contributed by atoms with Gasteiger partial charge in [0.25, 0.3) is 0 Å². The van der Waals surface area contributed by atoms with Crippen molar-refractivity contribution in [2.75, 3.05) is 6.61 Å². The monoisotopic (exact) mass is 520 g/mol. The number of carboxylic acids is 1. The van der Waals surface area contributed by atoms with Gasteiger partial charge in [-0.1, -0.05) is 148 Å². The van der Waals surface area contributed by atoms with Crippen molar-refractivity contribution in [3.05, 3.63) is 0 Å². The Morgan fingerprint density at radius 2 is 0.686 bits per heavy atom. The summed E-state index contributed by atoms with van der Waals surface area (Å²) in [4.78, 5) is 27.6. The number of rotatable bonds is 29. The van der Waals surface area contributed by atoms with Crippen molar-refractivity contribution in [2.45, 2.75) is 167 Å². The second kappa shape index (κ2) is 26.6. The van der Waals surface area contributed by atoms with Gasteiger partial charge in [0, 0.05) is 6.42 Å². The molecular formula is C28H57O6P. The molecule has 6 nitrogen and oxygen atoms in total. The summed E-state index contributed by atoms with van der Waals surface area (Å²) < 4.78 is 15.0. The second-order valence-electron chi connectivity index (χ2n) is 10.3. The Labute approximate surface area is 216 Å². The maximum Gasteiger partial charge on any atom is 0.469 e. The van der Waals surface area contributed by atoms with Gasteiger partial charge in [-0.3, -0.25) is 9.32 Å². The number of phosphoric acid groups is 1. The molecule has 0 aliphatic heterocycles. The van der Waals surface area contributed by atoms with Gasteiger partial charge in [-0.15, -0.1) is 0 Å². The Morgan fingerprint density at radius 3 is 0.914 bits per heavy atom. The molecule has 0 aromatic carbocycles. The Balaban J connectivity index is 3.05. The summed E-state index contributed by atoms with van der Waals surface area (Å²) in [5.41, 5.74) is 0. The van der Waals surface area contributed by atoms with Crippen LogP contribution in [0.4, 0.5) is 0 Å². The number of unbranched alkanes of at least 4 members (excludes halogenated alkanes) is 24. The van der Waals surface area contributed by atoms with Gasteiger partial charge in [-0.05, 0) is 12.8 Å². The van der Waals surface area contributed by atoms with Gasteiger partial charge >= 0.3 is 13.8 Å². The molecule has 0 radical (unpaired) electrons. The van der Waals surface area contributed by atoms with Crippen LogP contribution in [0.15, 0.2) is 0 Å². The van der Waals surface area contributed by atoms with E-state index in [2.05, 4.69) is 4.52 Å². The lowest BCUT2D eigenvalue weighted by atomic mass is 10.0. The van der Waals surface area contributed by atoms with Crippen LogP contribution in [-0.2, 0) is 13.9 Å². The third-order valence-corrected chi connectivity index (χ3v) is 7.31. The average Bonchev–Trinajstić information content (AvgIpc) is 2.80. The van der Waals surface area contributed by atoms with Gasteiger partial charge in [0.15, 0.2) is 0 Å². The van der Waals surface area contributed by atoms with Crippen LogP contribution in [0.2, 0.25) is 0 Å². The van der Waals surface area contributed by atoms with Crippen LogP contribution < -0.4 is 0 Å². The van der Waals surface area contributed by atoms with Gasteiger partial charge < -0.3 is 14.9 Å². The topological polar surface area (TPSA) is 104 Å². The standard InChI is InChI=1S/C28H57O6P/c29-28(30)26-24-22-20-18-16-14-12-10-8-6-4-2-1-3-5-7-9-11-13-15-17-19-21-23-25-27-34-35(31,32)33/h1-27H2,(H,29,30)(H2,31,32,33). The quantitative estimate of drug-likeness (QED) is 0.0670. The Morgan fingerprint density at radius 1 is 0.457 bits per heavy atom. The molecule has 0 unspecified atom stereocenters. The van der Waals surface area contributed by atoms with E-state index >= 15 is 0 Å². The molecule has 0 saturated heterocycles. The van der Waals surface area contributed by atoms with Gasteiger partial charge in [-0.2, -0.15) is 0 Å². The number of carboxylic acid groups (broad SMARTS) is 1. The van der Waals surface area contributed by atoms with E-state index in [1.54, 1.807) is 0 Å². The zero-order valence-corrected chi connectivity index (χ0v) is 23.5. The molecule has 0 fully saturated rings. The zero-order chi connectivity index (χ0) is 25.9. The van der Waals surface area contributed by atoms with Crippen molar-refractivity contribution in [3.63, 3.8) is 0 Å². The first kappa shape index (κ1) is 34.6. The van der Waals surface area contributed by atoms with Crippen LogP contribution in [0.25, 0.3) is 0 Å². The fourth-order valence-corrected chi connectivity index (χ4v) is 4.99. The Kier molecular flexibility index (Phi) is 26.3. The summed E-state index contributed by atoms with van der Waals surface area (Å²) in [6, 6.07) is 0. The molecule has 0 heterocycles. The van der Waals surface area contributed by atoms with Crippen molar-refractivity contribution in [1.82, 2.24) is 0 Å². The molecule has 0 saturated carbocycles. The molecule has 0 aliphatic rings. The minimum absolute atomic E-state index is 0.159. The first-order valence-corrected chi connectivity index (χ1v) is 16.4. The van der Waals surface area contributed by atoms with Crippen LogP contribution in [0.1, 0.15) is 167 Å². The lowest BCUT2D eigenvalue weighted by Gasteiger charge is -2.05. The minimum atomic E-state index is -4.28. The van der Waals surface area contributed by atoms with E-state index in [1.807, 2.05) is 0 Å². The van der Waals surface area contributed by atoms with E-state index < -0.39 is 13.8 Å². The second-order valence-corrected chi connectivity index (χ2v) is 11.5. The minimum Gasteiger partial charge on any atom is -0.481 e. The normalized spacial score (nSPS) is 11.8. The summed E-state index contributed by atoms with van der Waals surface area (Å²) in [5, 5.41) is 8.60. The van der Waals surface area contributed by atoms with E-state index in [0.717, 1.165) is 32.1 Å². The highest BCUT2D eigenvalue weighted by Crippen LogP contribution is 2.35. The summed E-state index contributed by atoms with van der Waals surface area (Å²) in [6.07, 6.45) is 32.0. The van der Waals surface area contributed by atoms with Crippen molar-refractivity contribution in [3.8, 4) is 0 Å². The zero-order valence-electron chi connectivity index (χ0n) is 22.6. The maximum absolute atomic E-state index is 10.5. The molecule has 0 spiro atoms. The average molecular weight is 521 g/mol. The molecule has 3 N–H and O–H groups in total. The van der Waals surface area contributed by atoms with Crippen LogP contribution in [0.5, 0.6) is 0 Å². The van der Waals surface area contributed by atoms with Crippen molar-refractivity contribution < 1.29 is 28.8 Å². The molecule has 35 heavy (non-hydrogen) atoms. The van der Waals surface area contributed by atoms with Gasteiger partial charge in [-0.25, -0.2) is 4.57 Å². The highest BCUT2D eigenvalue weighted by atomic mass is 31.2. The Hall–Kier alpha value is -0.420. The Bertz CT molecular complexity index is 494. The van der Waals surface area contributed by atoms with Crippen LogP contribution in [0, 0.1) is 0 Å². The van der Waals surface area contributed by atoms with E-state index in [-0.39, 0.29) is 6.61 Å². The molecule has 0 bridgehead atoms. The molecule has 0 aromatic heterocycles. The van der Waals surface area contributed by atoms with Crippen LogP contribution in [-0.4, -0.2) is 27.5 Å².